The fraction of sp³-hybridized carbons (Fsp3) is 0.133. The summed E-state index contributed by atoms with van der Waals surface area (Å²) in [4.78, 5) is 11.9. The van der Waals surface area contributed by atoms with Crippen molar-refractivity contribution >= 4 is 29.0 Å². The topological polar surface area (TPSA) is 59.6 Å². The van der Waals surface area contributed by atoms with Gasteiger partial charge in [0.2, 0.25) is 0 Å². The minimum atomic E-state index is -0.374. The number of anilines is 2. The van der Waals surface area contributed by atoms with Crippen LogP contribution in [0.15, 0.2) is 42.5 Å². The van der Waals surface area contributed by atoms with Crippen LogP contribution in [0.2, 0.25) is 5.02 Å². The molecule has 0 fully saturated rings. The first kappa shape index (κ1) is 15.0. The van der Waals surface area contributed by atoms with Gasteiger partial charge in [-0.25, -0.2) is 4.79 Å². The lowest BCUT2D eigenvalue weighted by atomic mass is 10.3. The molecule has 0 aliphatic heterocycles. The third-order valence-electron chi connectivity index (χ3n) is 2.76. The zero-order chi connectivity index (χ0) is 15.2. The van der Waals surface area contributed by atoms with E-state index >= 15 is 0 Å². The molecule has 0 aliphatic carbocycles. The second-order valence-electron chi connectivity index (χ2n) is 4.15. The summed E-state index contributed by atoms with van der Waals surface area (Å²) in [5.74, 6) is 1.22. The van der Waals surface area contributed by atoms with Crippen molar-refractivity contribution in [3.8, 4) is 11.5 Å². The van der Waals surface area contributed by atoms with Gasteiger partial charge in [0.05, 0.1) is 19.9 Å². The first-order valence-corrected chi connectivity index (χ1v) is 6.56. The van der Waals surface area contributed by atoms with Gasteiger partial charge in [-0.3, -0.25) is 0 Å². The molecular formula is C15H15ClN2O3. The van der Waals surface area contributed by atoms with E-state index in [0.29, 0.717) is 22.1 Å². The molecule has 0 bridgehead atoms. The smallest absolute Gasteiger partial charge is 0.323 e. The lowest BCUT2D eigenvalue weighted by Gasteiger charge is -2.11. The molecule has 2 aromatic rings. The average molecular weight is 307 g/mol. The molecular weight excluding hydrogens is 292 g/mol. The van der Waals surface area contributed by atoms with E-state index in [2.05, 4.69) is 10.6 Å². The van der Waals surface area contributed by atoms with Gasteiger partial charge >= 0.3 is 6.03 Å². The van der Waals surface area contributed by atoms with Crippen LogP contribution in [0.5, 0.6) is 11.5 Å². The van der Waals surface area contributed by atoms with E-state index in [1.807, 2.05) is 0 Å². The molecule has 0 heterocycles. The lowest BCUT2D eigenvalue weighted by molar-refractivity contribution is 0.262. The molecule has 0 aromatic heterocycles. The van der Waals surface area contributed by atoms with Crippen molar-refractivity contribution in [2.75, 3.05) is 24.9 Å². The average Bonchev–Trinajstić information content (AvgIpc) is 2.49. The van der Waals surface area contributed by atoms with Gasteiger partial charge in [0.15, 0.2) is 0 Å². The number of methoxy groups -OCH3 is 2. The third kappa shape index (κ3) is 4.03. The van der Waals surface area contributed by atoms with Crippen molar-refractivity contribution < 1.29 is 14.3 Å². The fourth-order valence-electron chi connectivity index (χ4n) is 1.73. The van der Waals surface area contributed by atoms with E-state index in [1.54, 1.807) is 49.6 Å². The maximum atomic E-state index is 11.9. The summed E-state index contributed by atoms with van der Waals surface area (Å²) in [6.45, 7) is 0. The van der Waals surface area contributed by atoms with Crippen LogP contribution >= 0.6 is 11.6 Å². The van der Waals surface area contributed by atoms with Crippen LogP contribution in [-0.2, 0) is 0 Å². The van der Waals surface area contributed by atoms with Crippen LogP contribution in [0.25, 0.3) is 0 Å². The Balaban J connectivity index is 2.04. The number of hydrogen-bond acceptors (Lipinski definition) is 3. The first-order valence-electron chi connectivity index (χ1n) is 6.18. The maximum absolute atomic E-state index is 11.9. The van der Waals surface area contributed by atoms with Gasteiger partial charge < -0.3 is 20.1 Å². The Morgan fingerprint density at radius 2 is 1.71 bits per heavy atom. The van der Waals surface area contributed by atoms with E-state index in [4.69, 9.17) is 21.1 Å². The monoisotopic (exact) mass is 306 g/mol. The van der Waals surface area contributed by atoms with E-state index < -0.39 is 0 Å². The number of urea groups is 1. The van der Waals surface area contributed by atoms with Gasteiger partial charge in [-0.1, -0.05) is 11.6 Å². The molecule has 6 heteroatoms. The molecule has 0 radical (unpaired) electrons. The largest absolute Gasteiger partial charge is 0.497 e. The molecule has 0 unspecified atom stereocenters. The highest BCUT2D eigenvalue weighted by atomic mass is 35.5. The highest BCUT2D eigenvalue weighted by molar-refractivity contribution is 6.30. The fourth-order valence-corrected chi connectivity index (χ4v) is 1.89. The number of rotatable bonds is 4. The van der Waals surface area contributed by atoms with Gasteiger partial charge in [0, 0.05) is 16.8 Å². The van der Waals surface area contributed by atoms with E-state index in [1.165, 1.54) is 7.11 Å². The molecule has 0 spiro atoms. The number of amides is 2. The normalized spacial score (nSPS) is 9.86. The molecule has 2 rings (SSSR count). The number of carbonyl (C=O) groups excluding carboxylic acids is 1. The molecule has 5 nitrogen and oxygen atoms in total. The van der Waals surface area contributed by atoms with Crippen LogP contribution in [0.1, 0.15) is 0 Å². The second kappa shape index (κ2) is 6.85. The molecule has 0 saturated heterocycles. The van der Waals surface area contributed by atoms with Crippen molar-refractivity contribution in [3.05, 3.63) is 47.5 Å². The van der Waals surface area contributed by atoms with Gasteiger partial charge in [-0.2, -0.15) is 0 Å². The maximum Gasteiger partial charge on any atom is 0.323 e. The van der Waals surface area contributed by atoms with Crippen LogP contribution in [0.4, 0.5) is 16.2 Å². The number of halogens is 1. The van der Waals surface area contributed by atoms with Crippen LogP contribution in [0, 0.1) is 0 Å². The summed E-state index contributed by atoms with van der Waals surface area (Å²) in [5, 5.41) is 5.95. The molecule has 0 aliphatic rings. The molecule has 2 N–H and O–H groups in total. The summed E-state index contributed by atoms with van der Waals surface area (Å²) in [6, 6.07) is 11.6. The Kier molecular flexibility index (Phi) is 4.90. The van der Waals surface area contributed by atoms with E-state index in [9.17, 15) is 4.79 Å². The van der Waals surface area contributed by atoms with Crippen molar-refractivity contribution in [2.45, 2.75) is 0 Å². The van der Waals surface area contributed by atoms with E-state index in [0.717, 1.165) is 5.75 Å². The van der Waals surface area contributed by atoms with Gasteiger partial charge in [-0.05, 0) is 36.4 Å². The highest BCUT2D eigenvalue weighted by Crippen LogP contribution is 2.27. The Morgan fingerprint density at radius 1 is 1.00 bits per heavy atom. The van der Waals surface area contributed by atoms with Crippen LogP contribution in [0.3, 0.4) is 0 Å². The van der Waals surface area contributed by atoms with Crippen LogP contribution in [-0.4, -0.2) is 20.3 Å². The van der Waals surface area contributed by atoms with E-state index in [-0.39, 0.29) is 6.03 Å². The summed E-state index contributed by atoms with van der Waals surface area (Å²) in [5.41, 5.74) is 1.19. The standard InChI is InChI=1S/C15H15ClN2O3/c1-20-12-6-4-11(5-7-12)17-15(19)18-13-8-3-10(16)9-14(13)21-2/h3-9H,1-2H3,(H2,17,18,19). The Bertz CT molecular complexity index is 629. The van der Waals surface area contributed by atoms with Crippen molar-refractivity contribution in [3.63, 3.8) is 0 Å². The Morgan fingerprint density at radius 3 is 2.33 bits per heavy atom. The van der Waals surface area contributed by atoms with Gasteiger partial charge in [0.25, 0.3) is 0 Å². The van der Waals surface area contributed by atoms with Crippen molar-refractivity contribution in [2.24, 2.45) is 0 Å². The Hall–Kier alpha value is -2.40. The van der Waals surface area contributed by atoms with Crippen molar-refractivity contribution in [1.82, 2.24) is 0 Å². The number of ether oxygens (including phenoxy) is 2. The summed E-state index contributed by atoms with van der Waals surface area (Å²) >= 11 is 5.87. The SMILES string of the molecule is COc1ccc(NC(=O)Nc2ccc(Cl)cc2OC)cc1. The number of benzene rings is 2. The molecule has 0 atom stereocenters. The summed E-state index contributed by atoms with van der Waals surface area (Å²) in [6.07, 6.45) is 0. The highest BCUT2D eigenvalue weighted by Gasteiger charge is 2.08. The minimum Gasteiger partial charge on any atom is -0.497 e. The predicted molar refractivity (Wildman–Crippen MR) is 83.6 cm³/mol. The molecule has 0 saturated carbocycles. The number of carbonyl (C=O) groups is 1. The summed E-state index contributed by atoms with van der Waals surface area (Å²) < 4.78 is 10.2. The number of nitrogens with one attached hydrogen (secondary N) is 2. The lowest BCUT2D eigenvalue weighted by Crippen LogP contribution is -2.19. The molecule has 110 valence electrons. The quantitative estimate of drug-likeness (QED) is 0.897. The molecule has 21 heavy (non-hydrogen) atoms. The zero-order valence-corrected chi connectivity index (χ0v) is 12.4. The summed E-state index contributed by atoms with van der Waals surface area (Å²) in [7, 11) is 3.10. The predicted octanol–water partition coefficient (Wildman–Crippen LogP) is 4.00. The Labute approximate surface area is 127 Å². The zero-order valence-electron chi connectivity index (χ0n) is 11.6. The van der Waals surface area contributed by atoms with Crippen LogP contribution < -0.4 is 20.1 Å². The number of hydrogen-bond donors (Lipinski definition) is 2. The van der Waals surface area contributed by atoms with Gasteiger partial charge in [0.1, 0.15) is 11.5 Å². The molecule has 2 amide bonds. The first-order chi connectivity index (χ1) is 10.1. The molecule has 2 aromatic carbocycles. The van der Waals surface area contributed by atoms with Crippen molar-refractivity contribution in [1.29, 1.82) is 0 Å². The van der Waals surface area contributed by atoms with Gasteiger partial charge in [-0.15, -0.1) is 0 Å². The minimum absolute atomic E-state index is 0.374. The third-order valence-corrected chi connectivity index (χ3v) is 2.99. The second-order valence-corrected chi connectivity index (χ2v) is 4.59.